The second kappa shape index (κ2) is 6.92. The van der Waals surface area contributed by atoms with Gasteiger partial charge in [0, 0.05) is 11.6 Å². The maximum absolute atomic E-state index is 12.8. The van der Waals surface area contributed by atoms with Crippen LogP contribution in [0.5, 0.6) is 0 Å². The van der Waals surface area contributed by atoms with Gasteiger partial charge in [-0.15, -0.1) is 10.2 Å². The summed E-state index contributed by atoms with van der Waals surface area (Å²) in [5.74, 6) is -0.112. The van der Waals surface area contributed by atoms with E-state index in [9.17, 15) is 9.18 Å². The lowest BCUT2D eigenvalue weighted by atomic mass is 10.2. The molecule has 112 valence electrons. The monoisotopic (exact) mass is 291 g/mol. The number of halogens is 1. The third-order valence-electron chi connectivity index (χ3n) is 2.97. The van der Waals surface area contributed by atoms with E-state index < -0.39 is 0 Å². The first kappa shape index (κ1) is 15.1. The van der Waals surface area contributed by atoms with Crippen LogP contribution >= 0.6 is 0 Å². The van der Waals surface area contributed by atoms with Crippen LogP contribution in [0.2, 0.25) is 0 Å². The van der Waals surface area contributed by atoms with Crippen LogP contribution in [-0.2, 0) is 11.3 Å². The van der Waals surface area contributed by atoms with Gasteiger partial charge < -0.3 is 5.32 Å². The van der Waals surface area contributed by atoms with Crippen molar-refractivity contribution in [2.75, 3.05) is 0 Å². The fraction of sp³-hybridized carbons (Fsp3) is 0.429. The maximum atomic E-state index is 12.8. The summed E-state index contributed by atoms with van der Waals surface area (Å²) in [6.45, 7) is 4.04. The van der Waals surface area contributed by atoms with Gasteiger partial charge in [-0.25, -0.2) is 4.39 Å². The molecule has 0 fully saturated rings. The van der Waals surface area contributed by atoms with E-state index in [-0.39, 0.29) is 24.3 Å². The fourth-order valence-corrected chi connectivity index (χ4v) is 1.98. The Morgan fingerprint density at radius 3 is 2.76 bits per heavy atom. The van der Waals surface area contributed by atoms with Crippen LogP contribution in [0.1, 0.15) is 26.7 Å². The molecule has 2 rings (SSSR count). The van der Waals surface area contributed by atoms with E-state index in [1.807, 2.05) is 6.92 Å². The number of aromatic nitrogens is 4. The molecule has 0 saturated carbocycles. The third kappa shape index (κ3) is 4.34. The molecular weight excluding hydrogens is 273 g/mol. The molecule has 21 heavy (non-hydrogen) atoms. The number of hydrogen-bond acceptors (Lipinski definition) is 4. The summed E-state index contributed by atoms with van der Waals surface area (Å²) in [6, 6.07) is 5.92. The molecule has 1 aromatic carbocycles. The van der Waals surface area contributed by atoms with E-state index in [4.69, 9.17) is 0 Å². The molecule has 0 radical (unpaired) electrons. The van der Waals surface area contributed by atoms with Crippen molar-refractivity contribution in [3.8, 4) is 11.4 Å². The van der Waals surface area contributed by atoms with Gasteiger partial charge in [-0.2, -0.15) is 4.80 Å². The van der Waals surface area contributed by atoms with Crippen LogP contribution < -0.4 is 5.32 Å². The van der Waals surface area contributed by atoms with Crippen molar-refractivity contribution in [2.45, 2.75) is 39.3 Å². The Labute approximate surface area is 122 Å². The molecule has 2 aromatic rings. The highest BCUT2D eigenvalue weighted by Crippen LogP contribution is 2.13. The lowest BCUT2D eigenvalue weighted by Crippen LogP contribution is -2.35. The molecule has 6 nitrogen and oxygen atoms in total. The van der Waals surface area contributed by atoms with Crippen LogP contribution in [0.15, 0.2) is 24.3 Å². The van der Waals surface area contributed by atoms with E-state index in [1.54, 1.807) is 12.1 Å². The molecule has 0 spiro atoms. The Balaban J connectivity index is 1.97. The average Bonchev–Trinajstić information content (AvgIpc) is 2.88. The molecule has 1 heterocycles. The minimum atomic E-state index is -0.324. The van der Waals surface area contributed by atoms with Gasteiger partial charge in [-0.3, -0.25) is 4.79 Å². The SMILES string of the molecule is CCCC(C)NC(=O)Cn1nnc(-c2ccc(F)cc2)n1. The molecule has 0 aliphatic rings. The van der Waals surface area contributed by atoms with Crippen molar-refractivity contribution >= 4 is 5.91 Å². The molecular formula is C14H18FN5O. The minimum Gasteiger partial charge on any atom is -0.352 e. The normalized spacial score (nSPS) is 12.1. The second-order valence-corrected chi connectivity index (χ2v) is 4.91. The molecule has 1 N–H and O–H groups in total. The number of amides is 1. The number of carbonyl (C=O) groups is 1. The summed E-state index contributed by atoms with van der Waals surface area (Å²) in [4.78, 5) is 13.0. The zero-order chi connectivity index (χ0) is 15.2. The molecule has 1 aromatic heterocycles. The van der Waals surface area contributed by atoms with Crippen molar-refractivity contribution in [1.29, 1.82) is 0 Å². The number of nitrogens with one attached hydrogen (secondary N) is 1. The van der Waals surface area contributed by atoms with Crippen LogP contribution in [0.4, 0.5) is 4.39 Å². The van der Waals surface area contributed by atoms with Gasteiger partial charge in [0.05, 0.1) is 0 Å². The van der Waals surface area contributed by atoms with Crippen molar-refractivity contribution in [1.82, 2.24) is 25.5 Å². The second-order valence-electron chi connectivity index (χ2n) is 4.91. The van der Waals surface area contributed by atoms with E-state index in [0.29, 0.717) is 11.4 Å². The van der Waals surface area contributed by atoms with E-state index >= 15 is 0 Å². The smallest absolute Gasteiger partial charge is 0.243 e. The molecule has 1 amide bonds. The van der Waals surface area contributed by atoms with Gasteiger partial charge >= 0.3 is 0 Å². The average molecular weight is 291 g/mol. The first-order chi connectivity index (χ1) is 10.1. The topological polar surface area (TPSA) is 72.7 Å². The zero-order valence-corrected chi connectivity index (χ0v) is 12.1. The first-order valence-corrected chi connectivity index (χ1v) is 6.91. The third-order valence-corrected chi connectivity index (χ3v) is 2.97. The molecule has 7 heteroatoms. The number of nitrogens with zero attached hydrogens (tertiary/aromatic N) is 4. The van der Waals surface area contributed by atoms with Crippen LogP contribution in [0, 0.1) is 5.82 Å². The number of tetrazole rings is 1. The lowest BCUT2D eigenvalue weighted by Gasteiger charge is -2.11. The Hall–Kier alpha value is -2.31. The largest absolute Gasteiger partial charge is 0.352 e. The quantitative estimate of drug-likeness (QED) is 0.880. The molecule has 1 atom stereocenters. The number of benzene rings is 1. The van der Waals surface area contributed by atoms with Gasteiger partial charge in [0.25, 0.3) is 0 Å². The highest BCUT2D eigenvalue weighted by atomic mass is 19.1. The Kier molecular flexibility index (Phi) is 4.97. The Morgan fingerprint density at radius 2 is 2.10 bits per heavy atom. The maximum Gasteiger partial charge on any atom is 0.243 e. The van der Waals surface area contributed by atoms with Crippen LogP contribution in [0.25, 0.3) is 11.4 Å². The van der Waals surface area contributed by atoms with Crippen molar-refractivity contribution in [3.05, 3.63) is 30.1 Å². The summed E-state index contributed by atoms with van der Waals surface area (Å²) < 4.78 is 12.8. The fourth-order valence-electron chi connectivity index (χ4n) is 1.98. The molecule has 0 aliphatic carbocycles. The van der Waals surface area contributed by atoms with Crippen LogP contribution in [0.3, 0.4) is 0 Å². The lowest BCUT2D eigenvalue weighted by molar-refractivity contribution is -0.122. The summed E-state index contributed by atoms with van der Waals surface area (Å²) in [6.07, 6.45) is 1.94. The van der Waals surface area contributed by atoms with Gasteiger partial charge in [0.2, 0.25) is 11.7 Å². The minimum absolute atomic E-state index is 0.0161. The zero-order valence-electron chi connectivity index (χ0n) is 12.1. The summed E-state index contributed by atoms with van der Waals surface area (Å²) in [5.41, 5.74) is 0.655. The highest BCUT2D eigenvalue weighted by Gasteiger charge is 2.11. The summed E-state index contributed by atoms with van der Waals surface area (Å²) in [5, 5.41) is 14.7. The first-order valence-electron chi connectivity index (χ1n) is 6.91. The Morgan fingerprint density at radius 1 is 1.38 bits per heavy atom. The summed E-state index contributed by atoms with van der Waals surface area (Å²) >= 11 is 0. The molecule has 0 bridgehead atoms. The number of rotatable bonds is 6. The van der Waals surface area contributed by atoms with Gasteiger partial charge in [-0.1, -0.05) is 13.3 Å². The van der Waals surface area contributed by atoms with E-state index in [1.165, 1.54) is 16.9 Å². The Bertz CT molecular complexity index is 596. The molecule has 0 saturated heterocycles. The predicted molar refractivity (Wildman–Crippen MR) is 75.7 cm³/mol. The van der Waals surface area contributed by atoms with Crippen LogP contribution in [-0.4, -0.2) is 32.2 Å². The van der Waals surface area contributed by atoms with Gasteiger partial charge in [0.1, 0.15) is 12.4 Å². The number of carbonyl (C=O) groups excluding carboxylic acids is 1. The summed E-state index contributed by atoms with van der Waals surface area (Å²) in [7, 11) is 0. The van der Waals surface area contributed by atoms with E-state index in [2.05, 4.69) is 27.7 Å². The van der Waals surface area contributed by atoms with Crippen molar-refractivity contribution < 1.29 is 9.18 Å². The van der Waals surface area contributed by atoms with Crippen molar-refractivity contribution in [2.24, 2.45) is 0 Å². The molecule has 0 aliphatic heterocycles. The van der Waals surface area contributed by atoms with Gasteiger partial charge in [-0.05, 0) is 42.8 Å². The highest BCUT2D eigenvalue weighted by molar-refractivity contribution is 5.75. The van der Waals surface area contributed by atoms with Crippen molar-refractivity contribution in [3.63, 3.8) is 0 Å². The number of hydrogen-bond donors (Lipinski definition) is 1. The van der Waals surface area contributed by atoms with E-state index in [0.717, 1.165) is 12.8 Å². The predicted octanol–water partition coefficient (Wildman–Crippen LogP) is 1.78. The van der Waals surface area contributed by atoms with Gasteiger partial charge in [0.15, 0.2) is 0 Å². The standard InChI is InChI=1S/C14H18FN5O/c1-3-4-10(2)16-13(21)9-20-18-14(17-19-20)11-5-7-12(15)8-6-11/h5-8,10H,3-4,9H2,1-2H3,(H,16,21). The molecule has 1 unspecified atom stereocenters.